The zero-order valence-electron chi connectivity index (χ0n) is 5.78. The molecule has 0 fully saturated rings. The number of rotatable bonds is 2. The molecular weight excluding hydrogens is 144 g/mol. The fourth-order valence-corrected chi connectivity index (χ4v) is 1.39. The molecule has 0 N–H and O–H groups in total. The van der Waals surface area contributed by atoms with E-state index in [-0.39, 0.29) is 0 Å². The van der Waals surface area contributed by atoms with Crippen LogP contribution in [0.4, 0.5) is 0 Å². The Bertz CT molecular complexity index is 184. The molecule has 1 rings (SSSR count). The van der Waals surface area contributed by atoms with Gasteiger partial charge in [-0.2, -0.15) is 0 Å². The zero-order chi connectivity index (χ0) is 7.40. The van der Waals surface area contributed by atoms with Gasteiger partial charge in [-0.3, -0.25) is 0 Å². The quantitative estimate of drug-likeness (QED) is 0.472. The first kappa shape index (κ1) is 7.63. The maximum absolute atomic E-state index is 10.7. The van der Waals surface area contributed by atoms with Crippen LogP contribution in [-0.4, -0.2) is 5.44 Å². The van der Waals surface area contributed by atoms with Crippen molar-refractivity contribution in [1.29, 1.82) is 0 Å². The summed E-state index contributed by atoms with van der Waals surface area (Å²) in [7, 11) is 0. The second-order valence-corrected chi connectivity index (χ2v) is 3.37. The molecule has 0 aliphatic carbocycles. The van der Waals surface area contributed by atoms with Gasteiger partial charge in [0.1, 0.15) is 5.44 Å². The van der Waals surface area contributed by atoms with Crippen LogP contribution in [0.25, 0.3) is 0 Å². The van der Waals surface area contributed by atoms with E-state index >= 15 is 0 Å². The van der Waals surface area contributed by atoms with E-state index in [0.29, 0.717) is 0 Å². The average molecular weight is 153 g/mol. The van der Waals surface area contributed by atoms with Crippen molar-refractivity contribution in [3.8, 4) is 0 Å². The van der Waals surface area contributed by atoms with E-state index in [2.05, 4.69) is 0 Å². The molecule has 0 heterocycles. The first-order chi connectivity index (χ1) is 4.79. The molecule has 0 aromatic heterocycles. The summed E-state index contributed by atoms with van der Waals surface area (Å²) >= 11 is 1.34. The lowest BCUT2D eigenvalue weighted by molar-refractivity contribution is 0.181. The molecule has 2 heteroatoms. The third kappa shape index (κ3) is 2.42. The first-order valence-electron chi connectivity index (χ1n) is 3.16. The SMILES string of the molecule is CC([O])Sc1ccccc1. The molecule has 0 amide bonds. The fraction of sp³-hybridized carbons (Fsp3) is 0.250. The monoisotopic (exact) mass is 153 g/mol. The lowest BCUT2D eigenvalue weighted by Crippen LogP contribution is -1.87. The van der Waals surface area contributed by atoms with Gasteiger partial charge < -0.3 is 0 Å². The topological polar surface area (TPSA) is 19.9 Å². The van der Waals surface area contributed by atoms with Crippen molar-refractivity contribution >= 4 is 11.8 Å². The van der Waals surface area contributed by atoms with E-state index < -0.39 is 5.44 Å². The molecule has 1 radical (unpaired) electrons. The summed E-state index contributed by atoms with van der Waals surface area (Å²) in [6.45, 7) is 1.65. The van der Waals surface area contributed by atoms with Gasteiger partial charge in [-0.15, -0.1) is 0 Å². The van der Waals surface area contributed by atoms with Crippen LogP contribution in [0.15, 0.2) is 35.2 Å². The van der Waals surface area contributed by atoms with Gasteiger partial charge in [0.2, 0.25) is 0 Å². The van der Waals surface area contributed by atoms with Crippen molar-refractivity contribution in [2.75, 3.05) is 0 Å². The minimum atomic E-state index is -0.567. The highest BCUT2D eigenvalue weighted by atomic mass is 32.2. The number of hydrogen-bond donors (Lipinski definition) is 0. The molecule has 0 saturated carbocycles. The molecular formula is C8H9OS. The zero-order valence-corrected chi connectivity index (χ0v) is 6.60. The Morgan fingerprint density at radius 3 is 2.40 bits per heavy atom. The van der Waals surface area contributed by atoms with Crippen LogP contribution in [0.3, 0.4) is 0 Å². The normalized spacial score (nSPS) is 13.0. The largest absolute Gasteiger partial charge is 0.221 e. The second-order valence-electron chi connectivity index (χ2n) is 2.00. The standard InChI is InChI=1S/C8H9OS/c1-7(9)10-8-5-3-2-4-6-8/h2-7H,1H3. The van der Waals surface area contributed by atoms with Crippen molar-refractivity contribution in [2.24, 2.45) is 0 Å². The third-order valence-electron chi connectivity index (χ3n) is 1.05. The predicted octanol–water partition coefficient (Wildman–Crippen LogP) is 2.56. The van der Waals surface area contributed by atoms with Crippen molar-refractivity contribution in [1.82, 2.24) is 0 Å². The highest BCUT2D eigenvalue weighted by Gasteiger charge is 1.98. The molecule has 1 atom stereocenters. The fourth-order valence-electron chi connectivity index (χ4n) is 0.691. The molecule has 53 valence electrons. The van der Waals surface area contributed by atoms with E-state index in [9.17, 15) is 5.11 Å². The molecule has 10 heavy (non-hydrogen) atoms. The Balaban J connectivity index is 2.59. The summed E-state index contributed by atoms with van der Waals surface area (Å²) < 4.78 is 0. The van der Waals surface area contributed by atoms with Crippen LogP contribution in [0.1, 0.15) is 6.92 Å². The molecule has 1 unspecified atom stereocenters. The molecule has 1 nitrogen and oxygen atoms in total. The van der Waals surface area contributed by atoms with Gasteiger partial charge in [0, 0.05) is 4.90 Å². The molecule has 0 aliphatic heterocycles. The van der Waals surface area contributed by atoms with Crippen LogP contribution in [0, 0.1) is 0 Å². The van der Waals surface area contributed by atoms with Gasteiger partial charge in [0.05, 0.1) is 0 Å². The Morgan fingerprint density at radius 2 is 1.90 bits per heavy atom. The second kappa shape index (κ2) is 3.64. The van der Waals surface area contributed by atoms with Gasteiger partial charge in [0.15, 0.2) is 0 Å². The Hall–Kier alpha value is -0.470. The summed E-state index contributed by atoms with van der Waals surface area (Å²) in [6, 6.07) is 9.70. The number of thioether (sulfide) groups is 1. The summed E-state index contributed by atoms with van der Waals surface area (Å²) in [6.07, 6.45) is 0. The highest BCUT2D eigenvalue weighted by molar-refractivity contribution is 7.99. The highest BCUT2D eigenvalue weighted by Crippen LogP contribution is 2.20. The smallest absolute Gasteiger partial charge is 0.140 e. The van der Waals surface area contributed by atoms with E-state index in [0.717, 1.165) is 4.90 Å². The van der Waals surface area contributed by atoms with Crippen molar-refractivity contribution < 1.29 is 5.11 Å². The van der Waals surface area contributed by atoms with E-state index in [4.69, 9.17) is 0 Å². The molecule has 1 aromatic rings. The van der Waals surface area contributed by atoms with Gasteiger partial charge >= 0.3 is 0 Å². The molecule has 0 spiro atoms. The van der Waals surface area contributed by atoms with Crippen LogP contribution < -0.4 is 0 Å². The first-order valence-corrected chi connectivity index (χ1v) is 4.04. The van der Waals surface area contributed by atoms with Crippen LogP contribution in [-0.2, 0) is 5.11 Å². The molecule has 0 aliphatic rings. The maximum Gasteiger partial charge on any atom is 0.140 e. The van der Waals surface area contributed by atoms with E-state index in [1.54, 1.807) is 6.92 Å². The van der Waals surface area contributed by atoms with E-state index in [1.807, 2.05) is 30.3 Å². The van der Waals surface area contributed by atoms with E-state index in [1.165, 1.54) is 11.8 Å². The molecule has 0 saturated heterocycles. The summed E-state index contributed by atoms with van der Waals surface area (Å²) in [4.78, 5) is 1.05. The van der Waals surface area contributed by atoms with Gasteiger partial charge in [-0.1, -0.05) is 30.0 Å². The summed E-state index contributed by atoms with van der Waals surface area (Å²) in [5, 5.41) is 10.7. The van der Waals surface area contributed by atoms with Crippen LogP contribution in [0.5, 0.6) is 0 Å². The minimum Gasteiger partial charge on any atom is -0.221 e. The average Bonchev–Trinajstić information content (AvgIpc) is 1.88. The third-order valence-corrected chi connectivity index (χ3v) is 1.92. The van der Waals surface area contributed by atoms with Crippen molar-refractivity contribution in [3.05, 3.63) is 30.3 Å². The predicted molar refractivity (Wildman–Crippen MR) is 42.4 cm³/mol. The summed E-state index contributed by atoms with van der Waals surface area (Å²) in [5.41, 5.74) is -0.567. The molecule has 0 bridgehead atoms. The Labute approximate surface area is 65.1 Å². The van der Waals surface area contributed by atoms with Gasteiger partial charge in [-0.25, -0.2) is 5.11 Å². The Morgan fingerprint density at radius 1 is 1.30 bits per heavy atom. The number of hydrogen-bond acceptors (Lipinski definition) is 1. The summed E-state index contributed by atoms with van der Waals surface area (Å²) in [5.74, 6) is 0. The maximum atomic E-state index is 10.7. The molecule has 1 aromatic carbocycles. The lowest BCUT2D eigenvalue weighted by Gasteiger charge is -1.99. The van der Waals surface area contributed by atoms with Crippen molar-refractivity contribution in [2.45, 2.75) is 17.3 Å². The van der Waals surface area contributed by atoms with Gasteiger partial charge in [0.25, 0.3) is 0 Å². The van der Waals surface area contributed by atoms with Crippen LogP contribution in [0.2, 0.25) is 0 Å². The van der Waals surface area contributed by atoms with Crippen molar-refractivity contribution in [3.63, 3.8) is 0 Å². The van der Waals surface area contributed by atoms with Crippen LogP contribution >= 0.6 is 11.8 Å². The minimum absolute atomic E-state index is 0.567. The lowest BCUT2D eigenvalue weighted by atomic mass is 10.4. The number of benzene rings is 1. The Kier molecular flexibility index (Phi) is 2.78. The van der Waals surface area contributed by atoms with Gasteiger partial charge in [-0.05, 0) is 19.1 Å².